The second-order valence-corrected chi connectivity index (χ2v) is 3.55. The number of carboxylic acid groups (broad SMARTS) is 1. The third-order valence-corrected chi connectivity index (χ3v) is 2.02. The first-order valence-corrected chi connectivity index (χ1v) is 4.73. The number of rotatable bonds is 3. The Morgan fingerprint density at radius 1 is 1.47 bits per heavy atom. The molecule has 1 rings (SSSR count). The van der Waals surface area contributed by atoms with Crippen LogP contribution < -0.4 is 5.32 Å². The number of carboxylic acids is 1. The summed E-state index contributed by atoms with van der Waals surface area (Å²) in [5.41, 5.74) is 0.332. The Kier molecular flexibility index (Phi) is 3.59. The summed E-state index contributed by atoms with van der Waals surface area (Å²) < 4.78 is 36.1. The molecule has 1 aromatic heterocycles. The molecular formula is C10H11F3N2O2. The molecule has 1 heterocycles. The minimum Gasteiger partial charge on any atom is -0.478 e. The van der Waals surface area contributed by atoms with Gasteiger partial charge in [-0.25, -0.2) is 4.79 Å². The minimum atomic E-state index is -4.40. The average molecular weight is 248 g/mol. The minimum absolute atomic E-state index is 0.0696. The maximum Gasteiger partial charge on any atom is 0.405 e. The van der Waals surface area contributed by atoms with Crippen LogP contribution in [0.15, 0.2) is 6.07 Å². The van der Waals surface area contributed by atoms with Gasteiger partial charge in [-0.05, 0) is 19.9 Å². The van der Waals surface area contributed by atoms with Gasteiger partial charge in [0.2, 0.25) is 0 Å². The quantitative estimate of drug-likeness (QED) is 0.862. The molecule has 0 aliphatic heterocycles. The Labute approximate surface area is 95.5 Å². The van der Waals surface area contributed by atoms with E-state index >= 15 is 0 Å². The Morgan fingerprint density at radius 3 is 2.53 bits per heavy atom. The third-order valence-electron chi connectivity index (χ3n) is 2.02. The van der Waals surface area contributed by atoms with E-state index in [0.29, 0.717) is 5.69 Å². The van der Waals surface area contributed by atoms with Crippen LogP contribution >= 0.6 is 0 Å². The summed E-state index contributed by atoms with van der Waals surface area (Å²) in [6, 6.07) is 1.28. The molecule has 2 N–H and O–H groups in total. The van der Waals surface area contributed by atoms with E-state index in [9.17, 15) is 18.0 Å². The Balaban J connectivity index is 3.09. The fourth-order valence-corrected chi connectivity index (χ4v) is 1.43. The van der Waals surface area contributed by atoms with Crippen molar-refractivity contribution in [3.8, 4) is 0 Å². The number of aromatic carboxylic acids is 1. The van der Waals surface area contributed by atoms with Crippen LogP contribution in [0.25, 0.3) is 0 Å². The molecule has 0 aliphatic carbocycles. The van der Waals surface area contributed by atoms with E-state index in [-0.39, 0.29) is 16.9 Å². The zero-order valence-electron chi connectivity index (χ0n) is 9.22. The highest BCUT2D eigenvalue weighted by Gasteiger charge is 2.28. The van der Waals surface area contributed by atoms with Crippen LogP contribution in [0.2, 0.25) is 0 Å². The molecule has 0 fully saturated rings. The lowest BCUT2D eigenvalue weighted by Gasteiger charge is -2.13. The summed E-state index contributed by atoms with van der Waals surface area (Å²) in [7, 11) is 0. The van der Waals surface area contributed by atoms with Crippen LogP contribution in [-0.2, 0) is 0 Å². The summed E-state index contributed by atoms with van der Waals surface area (Å²) >= 11 is 0. The van der Waals surface area contributed by atoms with Crippen molar-refractivity contribution in [1.82, 2.24) is 4.98 Å². The fraction of sp³-hybridized carbons (Fsp3) is 0.400. The summed E-state index contributed by atoms with van der Waals surface area (Å²) in [6.07, 6.45) is -4.40. The molecule has 0 saturated carbocycles. The maximum absolute atomic E-state index is 12.0. The van der Waals surface area contributed by atoms with Gasteiger partial charge in [-0.2, -0.15) is 13.2 Å². The summed E-state index contributed by atoms with van der Waals surface area (Å²) in [5.74, 6) is -1.31. The monoisotopic (exact) mass is 248 g/mol. The summed E-state index contributed by atoms with van der Waals surface area (Å²) in [6.45, 7) is 1.74. The Morgan fingerprint density at radius 2 is 2.06 bits per heavy atom. The molecule has 7 heteroatoms. The zero-order chi connectivity index (χ0) is 13.2. The van der Waals surface area contributed by atoms with Crippen molar-refractivity contribution in [1.29, 1.82) is 0 Å². The lowest BCUT2D eigenvalue weighted by atomic mass is 10.1. The molecule has 94 valence electrons. The molecule has 0 spiro atoms. The number of alkyl halides is 3. The number of anilines is 1. The van der Waals surface area contributed by atoms with Crippen LogP contribution in [0, 0.1) is 13.8 Å². The maximum atomic E-state index is 12.0. The number of aromatic nitrogens is 1. The van der Waals surface area contributed by atoms with Crippen LogP contribution in [-0.4, -0.2) is 28.8 Å². The predicted molar refractivity (Wildman–Crippen MR) is 55.2 cm³/mol. The fourth-order valence-electron chi connectivity index (χ4n) is 1.43. The molecule has 0 unspecified atom stereocenters. The Bertz CT molecular complexity index is 444. The van der Waals surface area contributed by atoms with Gasteiger partial charge in [0.25, 0.3) is 0 Å². The first kappa shape index (κ1) is 13.3. The SMILES string of the molecule is Cc1cc(NCC(F)(F)F)c(C(=O)O)c(C)n1. The van der Waals surface area contributed by atoms with Gasteiger partial charge in [0, 0.05) is 5.69 Å². The number of halogens is 3. The van der Waals surface area contributed by atoms with Crippen molar-refractivity contribution in [2.24, 2.45) is 0 Å². The number of aryl methyl sites for hydroxylation is 2. The van der Waals surface area contributed by atoms with E-state index in [4.69, 9.17) is 5.11 Å². The highest BCUT2D eigenvalue weighted by Crippen LogP contribution is 2.22. The van der Waals surface area contributed by atoms with Crippen molar-refractivity contribution >= 4 is 11.7 Å². The van der Waals surface area contributed by atoms with Gasteiger partial charge in [-0.15, -0.1) is 0 Å². The van der Waals surface area contributed by atoms with Gasteiger partial charge in [0.15, 0.2) is 0 Å². The van der Waals surface area contributed by atoms with Gasteiger partial charge in [0.05, 0.1) is 11.4 Å². The normalized spacial score (nSPS) is 11.4. The van der Waals surface area contributed by atoms with Crippen molar-refractivity contribution in [2.75, 3.05) is 11.9 Å². The van der Waals surface area contributed by atoms with E-state index < -0.39 is 18.7 Å². The van der Waals surface area contributed by atoms with Crippen molar-refractivity contribution in [3.63, 3.8) is 0 Å². The molecule has 4 nitrogen and oxygen atoms in total. The average Bonchev–Trinajstić information content (AvgIpc) is 2.11. The van der Waals surface area contributed by atoms with Crippen molar-refractivity contribution < 1.29 is 23.1 Å². The Hall–Kier alpha value is -1.79. The summed E-state index contributed by atoms with van der Waals surface area (Å²) in [4.78, 5) is 14.8. The van der Waals surface area contributed by atoms with Gasteiger partial charge in [0.1, 0.15) is 12.1 Å². The molecule has 0 aliphatic rings. The van der Waals surface area contributed by atoms with Crippen molar-refractivity contribution in [3.05, 3.63) is 23.0 Å². The lowest BCUT2D eigenvalue weighted by Crippen LogP contribution is -2.23. The molecule has 0 atom stereocenters. The number of hydrogen-bond acceptors (Lipinski definition) is 3. The van der Waals surface area contributed by atoms with Gasteiger partial charge in [-0.1, -0.05) is 0 Å². The molecule has 0 bridgehead atoms. The molecule has 0 amide bonds. The van der Waals surface area contributed by atoms with Crippen molar-refractivity contribution in [2.45, 2.75) is 20.0 Å². The number of nitrogens with one attached hydrogen (secondary N) is 1. The first-order valence-electron chi connectivity index (χ1n) is 4.73. The van der Waals surface area contributed by atoms with E-state index in [2.05, 4.69) is 10.3 Å². The molecule has 0 aromatic carbocycles. The van der Waals surface area contributed by atoms with E-state index in [1.54, 1.807) is 6.92 Å². The smallest absolute Gasteiger partial charge is 0.405 e. The van der Waals surface area contributed by atoms with E-state index in [0.717, 1.165) is 0 Å². The topological polar surface area (TPSA) is 62.2 Å². The van der Waals surface area contributed by atoms with Gasteiger partial charge in [-0.3, -0.25) is 4.98 Å². The predicted octanol–water partition coefficient (Wildman–Crippen LogP) is 2.37. The van der Waals surface area contributed by atoms with E-state index in [1.807, 2.05) is 0 Å². The second-order valence-electron chi connectivity index (χ2n) is 3.55. The van der Waals surface area contributed by atoms with E-state index in [1.165, 1.54) is 13.0 Å². The van der Waals surface area contributed by atoms with Gasteiger partial charge >= 0.3 is 12.1 Å². The highest BCUT2D eigenvalue weighted by molar-refractivity contribution is 5.95. The van der Waals surface area contributed by atoms with Crippen LogP contribution in [0.4, 0.5) is 18.9 Å². The number of nitrogens with zero attached hydrogens (tertiary/aromatic N) is 1. The number of carbonyl (C=O) groups is 1. The molecular weight excluding hydrogens is 237 g/mol. The first-order chi connectivity index (χ1) is 7.70. The van der Waals surface area contributed by atoms with Crippen LogP contribution in [0.1, 0.15) is 21.7 Å². The zero-order valence-corrected chi connectivity index (χ0v) is 9.22. The highest BCUT2D eigenvalue weighted by atomic mass is 19.4. The largest absolute Gasteiger partial charge is 0.478 e. The number of pyridine rings is 1. The molecule has 0 saturated heterocycles. The van der Waals surface area contributed by atoms with Crippen LogP contribution in [0.5, 0.6) is 0 Å². The second kappa shape index (κ2) is 4.60. The lowest BCUT2D eigenvalue weighted by molar-refractivity contribution is -0.115. The molecule has 17 heavy (non-hydrogen) atoms. The molecule has 1 aromatic rings. The third kappa shape index (κ3) is 3.61. The molecule has 0 radical (unpaired) electrons. The standard InChI is InChI=1S/C10H11F3N2O2/c1-5-3-7(14-4-10(11,12)13)8(9(16)17)6(2)15-5/h3H,4H2,1-2H3,(H,14,15)(H,16,17). The summed E-state index contributed by atoms with van der Waals surface area (Å²) in [5, 5.41) is 11.0. The van der Waals surface area contributed by atoms with Crippen LogP contribution in [0.3, 0.4) is 0 Å². The number of hydrogen-bond donors (Lipinski definition) is 2. The van der Waals surface area contributed by atoms with Gasteiger partial charge < -0.3 is 10.4 Å².